The second kappa shape index (κ2) is 7.71. The Labute approximate surface area is 135 Å². The molecule has 1 aliphatic rings. The number of amides is 1. The zero-order valence-electron chi connectivity index (χ0n) is 12.9. The average molecular weight is 344 g/mol. The fourth-order valence-corrected chi connectivity index (χ4v) is 2.83. The zero-order chi connectivity index (χ0) is 16.9. The van der Waals surface area contributed by atoms with Crippen LogP contribution in [0.4, 0.5) is 10.1 Å². The zero-order valence-corrected chi connectivity index (χ0v) is 13.7. The van der Waals surface area contributed by atoms with Crippen molar-refractivity contribution in [2.45, 2.75) is 6.04 Å². The standard InChI is InChI=1S/C14H21FN4O3S/c1-23(21,22)18-7-6-17-14(20)13-10-19(9-8-16-13)12-4-2-11(15)3-5-12/h2-5,13,16,18H,6-10H2,1H3,(H,17,20). The summed E-state index contributed by atoms with van der Waals surface area (Å²) in [5, 5.41) is 5.81. The van der Waals surface area contributed by atoms with E-state index in [-0.39, 0.29) is 24.8 Å². The van der Waals surface area contributed by atoms with Gasteiger partial charge in [-0.05, 0) is 24.3 Å². The van der Waals surface area contributed by atoms with Crippen molar-refractivity contribution in [2.24, 2.45) is 0 Å². The molecule has 1 saturated heterocycles. The Hall–Kier alpha value is -1.71. The van der Waals surface area contributed by atoms with Crippen LogP contribution in [0.25, 0.3) is 0 Å². The topological polar surface area (TPSA) is 90.5 Å². The Morgan fingerprint density at radius 1 is 1.35 bits per heavy atom. The highest BCUT2D eigenvalue weighted by atomic mass is 32.2. The van der Waals surface area contributed by atoms with Crippen molar-refractivity contribution in [3.05, 3.63) is 30.1 Å². The van der Waals surface area contributed by atoms with Gasteiger partial charge in [0.25, 0.3) is 0 Å². The van der Waals surface area contributed by atoms with Gasteiger partial charge in [-0.25, -0.2) is 17.5 Å². The molecule has 0 bridgehead atoms. The van der Waals surface area contributed by atoms with Gasteiger partial charge in [-0.2, -0.15) is 0 Å². The summed E-state index contributed by atoms with van der Waals surface area (Å²) in [5.41, 5.74) is 0.865. The summed E-state index contributed by atoms with van der Waals surface area (Å²) in [4.78, 5) is 14.1. The number of nitrogens with one attached hydrogen (secondary N) is 3. The van der Waals surface area contributed by atoms with Gasteiger partial charge in [-0.3, -0.25) is 4.79 Å². The molecule has 0 saturated carbocycles. The summed E-state index contributed by atoms with van der Waals surface area (Å²) in [7, 11) is -3.25. The van der Waals surface area contributed by atoms with E-state index in [1.54, 1.807) is 12.1 Å². The number of anilines is 1. The second-order valence-corrected chi connectivity index (χ2v) is 7.22. The minimum absolute atomic E-state index is 0.152. The fraction of sp³-hybridized carbons (Fsp3) is 0.500. The molecular formula is C14H21FN4O3S. The number of rotatable bonds is 6. The quantitative estimate of drug-likeness (QED) is 0.592. The van der Waals surface area contributed by atoms with Gasteiger partial charge in [0.15, 0.2) is 0 Å². The lowest BCUT2D eigenvalue weighted by Gasteiger charge is -2.34. The van der Waals surface area contributed by atoms with Crippen LogP contribution in [0, 0.1) is 5.82 Å². The first-order valence-corrected chi connectivity index (χ1v) is 9.20. The SMILES string of the molecule is CS(=O)(=O)NCCNC(=O)C1CN(c2ccc(F)cc2)CCN1. The van der Waals surface area contributed by atoms with Crippen molar-refractivity contribution in [3.8, 4) is 0 Å². The van der Waals surface area contributed by atoms with Crippen molar-refractivity contribution in [3.63, 3.8) is 0 Å². The van der Waals surface area contributed by atoms with Crippen LogP contribution in [0.1, 0.15) is 0 Å². The van der Waals surface area contributed by atoms with E-state index >= 15 is 0 Å². The third-order valence-electron chi connectivity index (χ3n) is 3.47. The molecule has 1 unspecified atom stereocenters. The van der Waals surface area contributed by atoms with Crippen LogP contribution < -0.4 is 20.3 Å². The first-order chi connectivity index (χ1) is 10.8. The highest BCUT2D eigenvalue weighted by Gasteiger charge is 2.25. The molecule has 2 rings (SSSR count). The van der Waals surface area contributed by atoms with Crippen molar-refractivity contribution in [1.29, 1.82) is 0 Å². The highest BCUT2D eigenvalue weighted by molar-refractivity contribution is 7.88. The van der Waals surface area contributed by atoms with Crippen LogP contribution >= 0.6 is 0 Å². The van der Waals surface area contributed by atoms with Crippen molar-refractivity contribution >= 4 is 21.6 Å². The maximum absolute atomic E-state index is 13.0. The van der Waals surface area contributed by atoms with E-state index in [1.807, 2.05) is 4.90 Å². The lowest BCUT2D eigenvalue weighted by molar-refractivity contribution is -0.123. The molecule has 1 heterocycles. The Kier molecular flexibility index (Phi) is 5.91. The first kappa shape index (κ1) is 17.6. The van der Waals surface area contributed by atoms with E-state index in [2.05, 4.69) is 15.4 Å². The molecule has 0 aromatic heterocycles. The molecule has 1 amide bonds. The summed E-state index contributed by atoms with van der Waals surface area (Å²) in [6, 6.07) is 5.76. The third kappa shape index (κ3) is 5.77. The number of carbonyl (C=O) groups is 1. The number of carbonyl (C=O) groups excluding carboxylic acids is 1. The Bertz CT molecular complexity index is 636. The number of sulfonamides is 1. The number of benzene rings is 1. The predicted octanol–water partition coefficient (Wildman–Crippen LogP) is -0.731. The van der Waals surface area contributed by atoms with Crippen LogP contribution in [-0.4, -0.2) is 59.3 Å². The molecule has 0 spiro atoms. The molecule has 0 aliphatic carbocycles. The van der Waals surface area contributed by atoms with E-state index in [1.165, 1.54) is 12.1 Å². The van der Waals surface area contributed by atoms with E-state index in [0.717, 1.165) is 18.5 Å². The lowest BCUT2D eigenvalue weighted by atomic mass is 10.1. The van der Waals surface area contributed by atoms with Crippen LogP contribution in [0.15, 0.2) is 24.3 Å². The third-order valence-corrected chi connectivity index (χ3v) is 4.20. The molecule has 128 valence electrons. The van der Waals surface area contributed by atoms with Gasteiger partial charge in [0.1, 0.15) is 11.9 Å². The van der Waals surface area contributed by atoms with Gasteiger partial charge >= 0.3 is 0 Å². The molecule has 1 aromatic rings. The van der Waals surface area contributed by atoms with Crippen LogP contribution in [0.3, 0.4) is 0 Å². The average Bonchev–Trinajstić information content (AvgIpc) is 2.51. The molecule has 1 fully saturated rings. The molecule has 7 nitrogen and oxygen atoms in total. The Balaban J connectivity index is 1.83. The van der Waals surface area contributed by atoms with Crippen LogP contribution in [0.5, 0.6) is 0 Å². The summed E-state index contributed by atoms with van der Waals surface area (Å²) in [6.45, 7) is 2.21. The number of hydrogen-bond donors (Lipinski definition) is 3. The maximum atomic E-state index is 13.0. The molecule has 3 N–H and O–H groups in total. The minimum Gasteiger partial charge on any atom is -0.368 e. The van der Waals surface area contributed by atoms with E-state index in [4.69, 9.17) is 0 Å². The smallest absolute Gasteiger partial charge is 0.239 e. The van der Waals surface area contributed by atoms with Gasteiger partial charge in [0.05, 0.1) is 6.26 Å². The Morgan fingerprint density at radius 2 is 2.04 bits per heavy atom. The van der Waals surface area contributed by atoms with Crippen molar-refractivity contribution in [1.82, 2.24) is 15.4 Å². The lowest BCUT2D eigenvalue weighted by Crippen LogP contribution is -2.57. The van der Waals surface area contributed by atoms with Gasteiger partial charge < -0.3 is 15.5 Å². The molecule has 23 heavy (non-hydrogen) atoms. The number of piperazine rings is 1. The molecule has 1 atom stereocenters. The van der Waals surface area contributed by atoms with E-state index in [0.29, 0.717) is 13.1 Å². The maximum Gasteiger partial charge on any atom is 0.239 e. The number of hydrogen-bond acceptors (Lipinski definition) is 5. The normalized spacial score (nSPS) is 18.7. The van der Waals surface area contributed by atoms with Gasteiger partial charge in [0, 0.05) is 38.4 Å². The van der Waals surface area contributed by atoms with E-state index < -0.39 is 16.1 Å². The van der Waals surface area contributed by atoms with Crippen LogP contribution in [0.2, 0.25) is 0 Å². The molecule has 0 radical (unpaired) electrons. The van der Waals surface area contributed by atoms with Crippen molar-refractivity contribution in [2.75, 3.05) is 43.9 Å². The second-order valence-electron chi connectivity index (χ2n) is 5.39. The highest BCUT2D eigenvalue weighted by Crippen LogP contribution is 2.16. The summed E-state index contributed by atoms with van der Waals surface area (Å²) in [6.07, 6.45) is 1.07. The van der Waals surface area contributed by atoms with Gasteiger partial charge in [-0.1, -0.05) is 0 Å². The van der Waals surface area contributed by atoms with Crippen molar-refractivity contribution < 1.29 is 17.6 Å². The molecular weight excluding hydrogens is 323 g/mol. The molecule has 9 heteroatoms. The Morgan fingerprint density at radius 3 is 2.70 bits per heavy atom. The van der Waals surface area contributed by atoms with Gasteiger partial charge in [-0.15, -0.1) is 0 Å². The predicted molar refractivity (Wildman–Crippen MR) is 86.3 cm³/mol. The minimum atomic E-state index is -3.25. The largest absolute Gasteiger partial charge is 0.368 e. The molecule has 1 aromatic carbocycles. The number of nitrogens with zero attached hydrogens (tertiary/aromatic N) is 1. The van der Waals surface area contributed by atoms with Crippen LogP contribution in [-0.2, 0) is 14.8 Å². The molecule has 1 aliphatic heterocycles. The fourth-order valence-electron chi connectivity index (χ4n) is 2.36. The van der Waals surface area contributed by atoms with E-state index in [9.17, 15) is 17.6 Å². The summed E-state index contributed by atoms with van der Waals surface area (Å²) in [5.74, 6) is -0.483. The number of halogens is 1. The monoisotopic (exact) mass is 344 g/mol. The summed E-state index contributed by atoms with van der Waals surface area (Å²) >= 11 is 0. The van der Waals surface area contributed by atoms with Gasteiger partial charge in [0.2, 0.25) is 15.9 Å². The summed E-state index contributed by atoms with van der Waals surface area (Å²) < 4.78 is 37.1. The first-order valence-electron chi connectivity index (χ1n) is 7.31.